The van der Waals surface area contributed by atoms with Gasteiger partial charge in [0.2, 0.25) is 0 Å². The van der Waals surface area contributed by atoms with E-state index in [4.69, 9.17) is 10.5 Å². The van der Waals surface area contributed by atoms with Crippen LogP contribution >= 0.6 is 0 Å². The number of halogens is 1. The van der Waals surface area contributed by atoms with Crippen molar-refractivity contribution in [1.29, 1.82) is 0 Å². The van der Waals surface area contributed by atoms with Crippen LogP contribution in [0.25, 0.3) is 11.1 Å². The van der Waals surface area contributed by atoms with Gasteiger partial charge in [0.1, 0.15) is 11.6 Å². The third kappa shape index (κ3) is 5.36. The molecule has 2 heterocycles. The van der Waals surface area contributed by atoms with E-state index in [1.807, 2.05) is 24.3 Å². The Bertz CT molecular complexity index is 1100. The molecule has 0 bridgehead atoms. The van der Waals surface area contributed by atoms with Crippen LogP contribution in [0.3, 0.4) is 0 Å². The number of benzene rings is 2. The Labute approximate surface area is 191 Å². The third-order valence-electron chi connectivity index (χ3n) is 5.83. The van der Waals surface area contributed by atoms with E-state index < -0.39 is 17.8 Å². The van der Waals surface area contributed by atoms with Crippen molar-refractivity contribution in [2.24, 2.45) is 0 Å². The average molecular weight is 451 g/mol. The highest BCUT2D eigenvalue weighted by Crippen LogP contribution is 2.30. The fraction of sp³-hybridized carbons (Fsp3) is 0.280. The van der Waals surface area contributed by atoms with Crippen LogP contribution in [-0.4, -0.2) is 42.5 Å². The van der Waals surface area contributed by atoms with E-state index in [0.29, 0.717) is 24.5 Å². The molecule has 0 spiro atoms. The standard InChI is InChI=1S/C25H27FN4O3/c26-22-11-17(21-10-19(13-29-24(21)27)18-8-9-33-15-28-12-18)6-7-20(22)25(32)30-23(14-31)16-4-2-1-3-5-16/h1-7,10-11,13,18,23,28,31H,8-9,12,14-15H2,(H2,27,29)(H,30,32)/t18?,23-/m1/s1. The quantitative estimate of drug-likeness (QED) is 0.460. The van der Waals surface area contributed by atoms with Crippen molar-refractivity contribution < 1.29 is 19.0 Å². The minimum absolute atomic E-state index is 0.110. The zero-order valence-electron chi connectivity index (χ0n) is 18.1. The second-order valence-electron chi connectivity index (χ2n) is 8.01. The van der Waals surface area contributed by atoms with Crippen molar-refractivity contribution in [3.8, 4) is 11.1 Å². The van der Waals surface area contributed by atoms with Crippen LogP contribution in [0.1, 0.15) is 39.9 Å². The monoisotopic (exact) mass is 450 g/mol. The molecule has 172 valence electrons. The number of ether oxygens (including phenoxy) is 1. The van der Waals surface area contributed by atoms with Gasteiger partial charge >= 0.3 is 0 Å². The van der Waals surface area contributed by atoms with Crippen molar-refractivity contribution in [1.82, 2.24) is 15.6 Å². The number of aromatic nitrogens is 1. The summed E-state index contributed by atoms with van der Waals surface area (Å²) in [6.07, 6.45) is 2.59. The molecule has 0 saturated carbocycles. The smallest absolute Gasteiger partial charge is 0.254 e. The number of nitrogen functional groups attached to an aromatic ring is 1. The largest absolute Gasteiger partial charge is 0.394 e. The Morgan fingerprint density at radius 1 is 1.27 bits per heavy atom. The van der Waals surface area contributed by atoms with Gasteiger partial charge in [0.05, 0.1) is 24.9 Å². The first-order valence-electron chi connectivity index (χ1n) is 10.9. The number of hydrogen-bond acceptors (Lipinski definition) is 6. The summed E-state index contributed by atoms with van der Waals surface area (Å²) in [5.74, 6) is -0.782. The summed E-state index contributed by atoms with van der Waals surface area (Å²) in [5.41, 5.74) is 8.87. The van der Waals surface area contributed by atoms with Gasteiger partial charge in [-0.25, -0.2) is 9.37 Å². The van der Waals surface area contributed by atoms with Gasteiger partial charge in [0.15, 0.2) is 0 Å². The number of aliphatic hydroxyl groups excluding tert-OH is 1. The Morgan fingerprint density at radius 2 is 2.09 bits per heavy atom. The SMILES string of the molecule is Nc1ncc(C2CCOCNC2)cc1-c1ccc(C(=O)N[C@H](CO)c2ccccc2)c(F)c1. The lowest BCUT2D eigenvalue weighted by Crippen LogP contribution is -2.31. The lowest BCUT2D eigenvalue weighted by Gasteiger charge is -2.18. The highest BCUT2D eigenvalue weighted by molar-refractivity contribution is 5.95. The molecule has 1 saturated heterocycles. The molecule has 33 heavy (non-hydrogen) atoms. The first kappa shape index (κ1) is 22.8. The summed E-state index contributed by atoms with van der Waals surface area (Å²) < 4.78 is 20.4. The molecule has 1 fully saturated rings. The van der Waals surface area contributed by atoms with Gasteiger partial charge in [-0.2, -0.15) is 0 Å². The van der Waals surface area contributed by atoms with Gasteiger partial charge in [-0.05, 0) is 41.3 Å². The molecular formula is C25H27FN4O3. The van der Waals surface area contributed by atoms with Crippen molar-refractivity contribution >= 4 is 11.7 Å². The van der Waals surface area contributed by atoms with Gasteiger partial charge < -0.3 is 20.9 Å². The molecule has 8 heteroatoms. The van der Waals surface area contributed by atoms with Gasteiger partial charge in [-0.15, -0.1) is 0 Å². The number of nitrogens with one attached hydrogen (secondary N) is 2. The molecule has 1 aliphatic heterocycles. The number of carbonyl (C=O) groups excluding carboxylic acids is 1. The van der Waals surface area contributed by atoms with Crippen molar-refractivity contribution in [2.45, 2.75) is 18.4 Å². The van der Waals surface area contributed by atoms with E-state index in [2.05, 4.69) is 15.6 Å². The summed E-state index contributed by atoms with van der Waals surface area (Å²) in [4.78, 5) is 17.0. The first-order chi connectivity index (χ1) is 16.1. The fourth-order valence-corrected chi connectivity index (χ4v) is 3.96. The predicted octanol–water partition coefficient (Wildman–Crippen LogP) is 2.98. The second kappa shape index (κ2) is 10.5. The number of nitrogens with two attached hydrogens (primary N) is 1. The van der Waals surface area contributed by atoms with Crippen LogP contribution in [0.5, 0.6) is 0 Å². The van der Waals surface area contributed by atoms with E-state index in [1.165, 1.54) is 12.1 Å². The summed E-state index contributed by atoms with van der Waals surface area (Å²) in [5, 5.41) is 15.6. The van der Waals surface area contributed by atoms with Crippen molar-refractivity contribution in [2.75, 3.05) is 32.2 Å². The molecule has 5 N–H and O–H groups in total. The molecule has 7 nitrogen and oxygen atoms in total. The third-order valence-corrected chi connectivity index (χ3v) is 5.83. The number of pyridine rings is 1. The molecule has 1 unspecified atom stereocenters. The number of hydrogen-bond donors (Lipinski definition) is 4. The second-order valence-corrected chi connectivity index (χ2v) is 8.01. The zero-order chi connectivity index (χ0) is 23.2. The molecule has 4 rings (SSSR count). The lowest BCUT2D eigenvalue weighted by molar-refractivity contribution is 0.0912. The number of carbonyl (C=O) groups is 1. The molecule has 0 radical (unpaired) electrons. The van der Waals surface area contributed by atoms with Crippen LogP contribution in [0.2, 0.25) is 0 Å². The van der Waals surface area contributed by atoms with Gasteiger partial charge in [0, 0.05) is 30.8 Å². The van der Waals surface area contributed by atoms with E-state index in [0.717, 1.165) is 24.1 Å². The normalized spacial score (nSPS) is 17.2. The number of amides is 1. The molecule has 3 aromatic rings. The van der Waals surface area contributed by atoms with Gasteiger partial charge in [0.25, 0.3) is 5.91 Å². The number of nitrogens with zero attached hydrogens (tertiary/aromatic N) is 1. The maximum atomic E-state index is 15.0. The Hall–Kier alpha value is -3.33. The molecule has 1 aliphatic rings. The molecule has 0 aliphatic carbocycles. The van der Waals surface area contributed by atoms with Crippen molar-refractivity contribution in [3.63, 3.8) is 0 Å². The highest BCUT2D eigenvalue weighted by Gasteiger charge is 2.20. The summed E-state index contributed by atoms with van der Waals surface area (Å²) in [6, 6.07) is 14.7. The minimum Gasteiger partial charge on any atom is -0.394 e. The topological polar surface area (TPSA) is 110 Å². The van der Waals surface area contributed by atoms with E-state index in [1.54, 1.807) is 24.4 Å². The van der Waals surface area contributed by atoms with Gasteiger partial charge in [-0.3, -0.25) is 10.1 Å². The highest BCUT2D eigenvalue weighted by atomic mass is 19.1. The van der Waals surface area contributed by atoms with Crippen LogP contribution in [0.4, 0.5) is 10.2 Å². The Balaban J connectivity index is 1.56. The Kier molecular flexibility index (Phi) is 7.29. The number of anilines is 1. The molecule has 1 amide bonds. The lowest BCUT2D eigenvalue weighted by atomic mass is 9.94. The predicted molar refractivity (Wildman–Crippen MR) is 124 cm³/mol. The van der Waals surface area contributed by atoms with E-state index in [-0.39, 0.29) is 23.9 Å². The van der Waals surface area contributed by atoms with Crippen molar-refractivity contribution in [3.05, 3.63) is 83.3 Å². The summed E-state index contributed by atoms with van der Waals surface area (Å²) >= 11 is 0. The summed E-state index contributed by atoms with van der Waals surface area (Å²) in [6.45, 7) is 1.62. The number of rotatable bonds is 6. The van der Waals surface area contributed by atoms with Crippen LogP contribution in [0.15, 0.2) is 60.8 Å². The average Bonchev–Trinajstić information content (AvgIpc) is 3.13. The first-order valence-corrected chi connectivity index (χ1v) is 10.9. The molecular weight excluding hydrogens is 423 g/mol. The van der Waals surface area contributed by atoms with Crippen LogP contribution in [0, 0.1) is 5.82 Å². The fourth-order valence-electron chi connectivity index (χ4n) is 3.96. The molecule has 1 aromatic heterocycles. The van der Waals surface area contributed by atoms with E-state index in [9.17, 15) is 14.3 Å². The zero-order valence-corrected chi connectivity index (χ0v) is 18.1. The van der Waals surface area contributed by atoms with Crippen LogP contribution in [-0.2, 0) is 4.74 Å². The number of aliphatic hydroxyl groups is 1. The Morgan fingerprint density at radius 3 is 2.85 bits per heavy atom. The van der Waals surface area contributed by atoms with Gasteiger partial charge in [-0.1, -0.05) is 36.4 Å². The molecule has 2 atom stereocenters. The van der Waals surface area contributed by atoms with E-state index >= 15 is 0 Å². The summed E-state index contributed by atoms with van der Waals surface area (Å²) in [7, 11) is 0. The minimum atomic E-state index is -0.677. The maximum absolute atomic E-state index is 15.0. The maximum Gasteiger partial charge on any atom is 0.254 e. The molecule has 2 aromatic carbocycles. The van der Waals surface area contributed by atoms with Crippen LogP contribution < -0.4 is 16.4 Å².